The third kappa shape index (κ3) is 2.83. The van der Waals surface area contributed by atoms with E-state index in [1.165, 1.54) is 0 Å². The first-order valence-electron chi connectivity index (χ1n) is 10.3. The highest BCUT2D eigenvalue weighted by Crippen LogP contribution is 2.36. The fourth-order valence-electron chi connectivity index (χ4n) is 4.59. The van der Waals surface area contributed by atoms with E-state index in [0.29, 0.717) is 17.0 Å². The summed E-state index contributed by atoms with van der Waals surface area (Å²) in [7, 11) is 0. The van der Waals surface area contributed by atoms with E-state index in [4.69, 9.17) is 9.83 Å². The van der Waals surface area contributed by atoms with Crippen molar-refractivity contribution in [3.63, 3.8) is 0 Å². The lowest BCUT2D eigenvalue weighted by atomic mass is 9.74. The Hall–Kier alpha value is -3.65. The van der Waals surface area contributed by atoms with Crippen molar-refractivity contribution in [1.82, 2.24) is 15.2 Å². The van der Waals surface area contributed by atoms with Crippen LogP contribution >= 0.6 is 0 Å². The highest BCUT2D eigenvalue weighted by molar-refractivity contribution is 6.58. The molecule has 3 aromatic rings. The van der Waals surface area contributed by atoms with Crippen LogP contribution in [0.3, 0.4) is 0 Å². The van der Waals surface area contributed by atoms with Crippen LogP contribution in [-0.4, -0.2) is 65.1 Å². The Kier molecular flexibility index (Phi) is 3.91. The number of H-pyrrole nitrogens is 1. The van der Waals surface area contributed by atoms with Crippen LogP contribution in [0.5, 0.6) is 5.88 Å². The third-order valence-electron chi connectivity index (χ3n) is 6.29. The van der Waals surface area contributed by atoms with Crippen molar-refractivity contribution in [3.8, 4) is 5.88 Å². The van der Waals surface area contributed by atoms with Gasteiger partial charge in [-0.25, -0.2) is 4.99 Å². The van der Waals surface area contributed by atoms with E-state index in [0.717, 1.165) is 48.3 Å². The Morgan fingerprint density at radius 2 is 1.94 bits per heavy atom. The maximum Gasteiger partial charge on any atom is 0.263 e. The van der Waals surface area contributed by atoms with E-state index in [-0.39, 0.29) is 23.8 Å². The first kappa shape index (κ1) is 18.1. The molecule has 3 aliphatic heterocycles. The molecule has 1 amide bonds. The molecule has 8 heteroatoms. The van der Waals surface area contributed by atoms with Crippen molar-refractivity contribution >= 4 is 33.9 Å². The van der Waals surface area contributed by atoms with Crippen LogP contribution in [0.1, 0.15) is 11.1 Å². The number of amides is 1. The van der Waals surface area contributed by atoms with Crippen molar-refractivity contribution < 1.29 is 14.7 Å². The molecular formula is C23H21N5O3. The molecule has 3 N–H and O–H groups in total. The number of hydrogen-bond acceptors (Lipinski definition) is 6. The smallest absolute Gasteiger partial charge is 0.263 e. The number of nitrogens with one attached hydrogen (secondary N) is 2. The molecule has 0 aliphatic carbocycles. The van der Waals surface area contributed by atoms with E-state index in [2.05, 4.69) is 15.5 Å². The molecular weight excluding hydrogens is 394 g/mol. The number of rotatable bonds is 4. The summed E-state index contributed by atoms with van der Waals surface area (Å²) in [6.45, 7) is 3.38. The molecule has 8 nitrogen and oxygen atoms in total. The van der Waals surface area contributed by atoms with Crippen LogP contribution in [-0.2, 0) is 9.63 Å². The first-order chi connectivity index (χ1) is 15.1. The van der Waals surface area contributed by atoms with Crippen molar-refractivity contribution in [2.24, 2.45) is 15.6 Å². The fourth-order valence-corrected chi connectivity index (χ4v) is 4.59. The molecule has 0 saturated carbocycles. The average molecular weight is 415 g/mol. The van der Waals surface area contributed by atoms with E-state index >= 15 is 0 Å². The van der Waals surface area contributed by atoms with Crippen LogP contribution in [0.2, 0.25) is 0 Å². The highest BCUT2D eigenvalue weighted by Gasteiger charge is 2.49. The molecule has 0 atom stereocenters. The monoisotopic (exact) mass is 415 g/mol. The zero-order valence-corrected chi connectivity index (χ0v) is 16.8. The van der Waals surface area contributed by atoms with Gasteiger partial charge in [0.25, 0.3) is 5.91 Å². The van der Waals surface area contributed by atoms with Crippen LogP contribution in [0.15, 0.2) is 58.7 Å². The summed E-state index contributed by atoms with van der Waals surface area (Å²) in [5.41, 5.74) is 4.23. The van der Waals surface area contributed by atoms with Gasteiger partial charge in [-0.2, -0.15) is 0 Å². The van der Waals surface area contributed by atoms with Crippen LogP contribution in [0.25, 0.3) is 10.9 Å². The van der Waals surface area contributed by atoms with E-state index < -0.39 is 0 Å². The molecule has 1 aromatic heterocycles. The Bertz CT molecular complexity index is 1260. The standard InChI is InChI=1S/C23H21N5O3/c29-18(28-12-23(13-28)10-24-11-23)9-31-27-20-15-6-2-4-8-17(15)25-21(20)19-14-5-1-3-7-16(14)26-22(19)30/h1-8,24,26,30H,9-13H2. The number of nitrogens with zero attached hydrogens (tertiary/aromatic N) is 3. The van der Waals surface area contributed by atoms with E-state index in [1.807, 2.05) is 53.4 Å². The van der Waals surface area contributed by atoms with Gasteiger partial charge < -0.3 is 25.1 Å². The number of benzene rings is 2. The zero-order valence-electron chi connectivity index (χ0n) is 16.8. The van der Waals surface area contributed by atoms with Gasteiger partial charge in [0, 0.05) is 48.1 Å². The minimum atomic E-state index is -0.123. The normalized spacial score (nSPS) is 19.8. The number of aromatic amines is 1. The van der Waals surface area contributed by atoms with Gasteiger partial charge in [-0.15, -0.1) is 0 Å². The minimum absolute atomic E-state index is 0.0246. The van der Waals surface area contributed by atoms with Crippen LogP contribution in [0, 0.1) is 5.41 Å². The summed E-state index contributed by atoms with van der Waals surface area (Å²) < 4.78 is 0. The zero-order chi connectivity index (χ0) is 21.0. The van der Waals surface area contributed by atoms with Crippen molar-refractivity contribution in [2.75, 3.05) is 32.8 Å². The number of hydrogen-bond donors (Lipinski definition) is 3. The SMILES string of the molecule is O=C(CON=C1C(c2c(O)[nH]c3ccccc23)=Nc2ccccc21)N1CC2(CNC2)C1. The summed E-state index contributed by atoms with van der Waals surface area (Å²) in [5.74, 6) is -0.0434. The van der Waals surface area contributed by atoms with Gasteiger partial charge in [0.15, 0.2) is 12.5 Å². The van der Waals surface area contributed by atoms with Gasteiger partial charge in [-0.1, -0.05) is 41.6 Å². The average Bonchev–Trinajstić information content (AvgIpc) is 3.22. The lowest BCUT2D eigenvalue weighted by molar-refractivity contribution is -0.151. The number of carbonyl (C=O) groups is 1. The molecule has 156 valence electrons. The summed E-state index contributed by atoms with van der Waals surface area (Å²) in [6, 6.07) is 15.2. The van der Waals surface area contributed by atoms with Gasteiger partial charge in [-0.05, 0) is 12.1 Å². The molecule has 2 aromatic carbocycles. The summed E-state index contributed by atoms with van der Waals surface area (Å²) in [6.07, 6.45) is 0. The maximum atomic E-state index is 12.4. The lowest BCUT2D eigenvalue weighted by Gasteiger charge is -2.55. The minimum Gasteiger partial charge on any atom is -0.494 e. The fraction of sp³-hybridized carbons (Fsp3) is 0.261. The Morgan fingerprint density at radius 1 is 1.16 bits per heavy atom. The van der Waals surface area contributed by atoms with E-state index in [1.54, 1.807) is 0 Å². The van der Waals surface area contributed by atoms with Crippen molar-refractivity contribution in [3.05, 3.63) is 59.7 Å². The number of aromatic hydroxyl groups is 1. The number of aliphatic imine (C=N–C) groups is 1. The molecule has 31 heavy (non-hydrogen) atoms. The summed E-state index contributed by atoms with van der Waals surface area (Å²) >= 11 is 0. The number of fused-ring (bicyclic) bond motifs is 2. The molecule has 6 rings (SSSR count). The molecule has 0 unspecified atom stereocenters. The predicted octanol–water partition coefficient (Wildman–Crippen LogP) is 2.16. The molecule has 1 spiro atoms. The van der Waals surface area contributed by atoms with Crippen molar-refractivity contribution in [1.29, 1.82) is 0 Å². The highest BCUT2D eigenvalue weighted by atomic mass is 16.6. The van der Waals surface area contributed by atoms with Crippen LogP contribution in [0.4, 0.5) is 5.69 Å². The second-order valence-electron chi connectivity index (χ2n) is 8.44. The van der Waals surface area contributed by atoms with Crippen LogP contribution < -0.4 is 5.32 Å². The summed E-state index contributed by atoms with van der Waals surface area (Å²) in [4.78, 5) is 27.5. The number of likely N-dealkylation sites (tertiary alicyclic amines) is 1. The van der Waals surface area contributed by atoms with E-state index in [9.17, 15) is 9.90 Å². The van der Waals surface area contributed by atoms with Gasteiger partial charge >= 0.3 is 0 Å². The Morgan fingerprint density at radius 3 is 2.74 bits per heavy atom. The second-order valence-corrected chi connectivity index (χ2v) is 8.44. The largest absolute Gasteiger partial charge is 0.494 e. The molecule has 2 fully saturated rings. The summed E-state index contributed by atoms with van der Waals surface area (Å²) in [5, 5.41) is 19.0. The molecule has 0 radical (unpaired) electrons. The Balaban J connectivity index is 1.28. The van der Waals surface area contributed by atoms with Gasteiger partial charge in [0.2, 0.25) is 0 Å². The number of oxime groups is 1. The number of para-hydroxylation sites is 2. The molecule has 3 aliphatic rings. The molecule has 2 saturated heterocycles. The third-order valence-corrected chi connectivity index (χ3v) is 6.29. The van der Waals surface area contributed by atoms with Crippen molar-refractivity contribution in [2.45, 2.75) is 0 Å². The topological polar surface area (TPSA) is 102 Å². The predicted molar refractivity (Wildman–Crippen MR) is 117 cm³/mol. The van der Waals surface area contributed by atoms with Gasteiger partial charge in [0.1, 0.15) is 11.4 Å². The second kappa shape index (κ2) is 6.68. The maximum absolute atomic E-state index is 12.4. The first-order valence-corrected chi connectivity index (χ1v) is 10.3. The quantitative estimate of drug-likeness (QED) is 0.568. The Labute approximate surface area is 178 Å². The van der Waals surface area contributed by atoms with Gasteiger partial charge in [-0.3, -0.25) is 4.79 Å². The molecule has 0 bridgehead atoms. The van der Waals surface area contributed by atoms with Gasteiger partial charge in [0.05, 0.1) is 11.3 Å². The number of aromatic nitrogens is 1. The number of carbonyl (C=O) groups excluding carboxylic acids is 1. The molecule has 4 heterocycles. The lowest BCUT2D eigenvalue weighted by Crippen LogP contribution is -2.72.